The standard InChI is InChI=1S/C19H17NO3S/c1-12-7-9-13(10-8-12)19-20-18(21)16(24-19)11-14-5-4-6-15(22-2)17(14)23-3/h4-11H,1-3H3/b16-11+. The van der Waals surface area contributed by atoms with Crippen molar-refractivity contribution < 1.29 is 14.3 Å². The molecule has 0 atom stereocenters. The Hall–Kier alpha value is -2.53. The summed E-state index contributed by atoms with van der Waals surface area (Å²) in [6, 6.07) is 13.5. The van der Waals surface area contributed by atoms with Gasteiger partial charge in [0.05, 0.1) is 19.1 Å². The fraction of sp³-hybridized carbons (Fsp3) is 0.158. The second-order valence-corrected chi connectivity index (χ2v) is 6.31. The first-order valence-corrected chi connectivity index (χ1v) is 8.24. The molecule has 0 aliphatic carbocycles. The molecule has 4 nitrogen and oxygen atoms in total. The van der Waals surface area contributed by atoms with Crippen LogP contribution in [0.15, 0.2) is 52.4 Å². The van der Waals surface area contributed by atoms with Crippen molar-refractivity contribution in [3.05, 3.63) is 64.1 Å². The Morgan fingerprint density at radius 2 is 1.79 bits per heavy atom. The number of benzene rings is 2. The Labute approximate surface area is 145 Å². The van der Waals surface area contributed by atoms with Gasteiger partial charge in [0.1, 0.15) is 5.04 Å². The molecule has 1 amide bonds. The van der Waals surface area contributed by atoms with Gasteiger partial charge in [0.15, 0.2) is 11.5 Å². The number of aryl methyl sites for hydroxylation is 1. The summed E-state index contributed by atoms with van der Waals surface area (Å²) in [5, 5.41) is 0.716. The number of rotatable bonds is 4. The molecule has 0 spiro atoms. The highest BCUT2D eigenvalue weighted by molar-refractivity contribution is 8.19. The second-order valence-electron chi connectivity index (χ2n) is 5.28. The van der Waals surface area contributed by atoms with E-state index in [2.05, 4.69) is 4.99 Å². The summed E-state index contributed by atoms with van der Waals surface area (Å²) < 4.78 is 10.7. The van der Waals surface area contributed by atoms with Crippen LogP contribution in [0.2, 0.25) is 0 Å². The zero-order chi connectivity index (χ0) is 17.1. The van der Waals surface area contributed by atoms with Gasteiger partial charge in [-0.2, -0.15) is 0 Å². The van der Waals surface area contributed by atoms with Crippen molar-refractivity contribution in [2.45, 2.75) is 6.92 Å². The molecular weight excluding hydrogens is 322 g/mol. The van der Waals surface area contributed by atoms with Crippen molar-refractivity contribution >= 4 is 28.8 Å². The van der Waals surface area contributed by atoms with Crippen LogP contribution in [0.3, 0.4) is 0 Å². The van der Waals surface area contributed by atoms with Crippen molar-refractivity contribution in [1.82, 2.24) is 0 Å². The molecular formula is C19H17NO3S. The zero-order valence-corrected chi connectivity index (χ0v) is 14.5. The lowest BCUT2D eigenvalue weighted by Crippen LogP contribution is -1.94. The third-order valence-corrected chi connectivity index (χ3v) is 4.67. The molecule has 1 aliphatic heterocycles. The number of hydrogen-bond acceptors (Lipinski definition) is 4. The van der Waals surface area contributed by atoms with Crippen LogP contribution in [-0.4, -0.2) is 25.2 Å². The van der Waals surface area contributed by atoms with E-state index in [-0.39, 0.29) is 5.91 Å². The number of ether oxygens (including phenoxy) is 2. The van der Waals surface area contributed by atoms with Gasteiger partial charge in [0.2, 0.25) is 0 Å². The van der Waals surface area contributed by atoms with E-state index in [1.807, 2.05) is 49.4 Å². The Morgan fingerprint density at radius 1 is 1.04 bits per heavy atom. The molecule has 0 bridgehead atoms. The van der Waals surface area contributed by atoms with Crippen molar-refractivity contribution in [3.63, 3.8) is 0 Å². The molecule has 1 heterocycles. The average Bonchev–Trinajstić information content (AvgIpc) is 2.96. The molecule has 24 heavy (non-hydrogen) atoms. The minimum Gasteiger partial charge on any atom is -0.493 e. The fourth-order valence-corrected chi connectivity index (χ4v) is 3.31. The van der Waals surface area contributed by atoms with Crippen molar-refractivity contribution in [3.8, 4) is 11.5 Å². The fourth-order valence-electron chi connectivity index (χ4n) is 2.40. The number of methoxy groups -OCH3 is 2. The summed E-state index contributed by atoms with van der Waals surface area (Å²) in [6.45, 7) is 2.03. The molecule has 0 N–H and O–H groups in total. The van der Waals surface area contributed by atoms with E-state index in [0.29, 0.717) is 21.4 Å². The maximum absolute atomic E-state index is 12.2. The van der Waals surface area contributed by atoms with Gasteiger partial charge in [-0.3, -0.25) is 4.79 Å². The van der Waals surface area contributed by atoms with E-state index in [1.165, 1.54) is 17.3 Å². The summed E-state index contributed by atoms with van der Waals surface area (Å²) in [6.07, 6.45) is 1.79. The van der Waals surface area contributed by atoms with Crippen LogP contribution in [0.1, 0.15) is 16.7 Å². The van der Waals surface area contributed by atoms with E-state index in [1.54, 1.807) is 20.3 Å². The Kier molecular flexibility index (Phi) is 4.71. The van der Waals surface area contributed by atoms with E-state index in [4.69, 9.17) is 9.47 Å². The maximum atomic E-state index is 12.2. The van der Waals surface area contributed by atoms with Crippen LogP contribution < -0.4 is 9.47 Å². The van der Waals surface area contributed by atoms with Gasteiger partial charge >= 0.3 is 0 Å². The molecule has 0 radical (unpaired) electrons. The molecule has 5 heteroatoms. The number of thioether (sulfide) groups is 1. The Balaban J connectivity index is 1.91. The highest BCUT2D eigenvalue weighted by Gasteiger charge is 2.23. The second kappa shape index (κ2) is 6.93. The lowest BCUT2D eigenvalue weighted by atomic mass is 10.1. The summed E-state index contributed by atoms with van der Waals surface area (Å²) >= 11 is 1.37. The predicted molar refractivity (Wildman–Crippen MR) is 97.8 cm³/mol. The molecule has 0 saturated heterocycles. The number of nitrogens with zero attached hydrogens (tertiary/aromatic N) is 1. The number of para-hydroxylation sites is 1. The third kappa shape index (κ3) is 3.21. The van der Waals surface area contributed by atoms with Gasteiger partial charge in [-0.05, 0) is 19.1 Å². The largest absolute Gasteiger partial charge is 0.493 e. The molecule has 0 unspecified atom stereocenters. The lowest BCUT2D eigenvalue weighted by molar-refractivity contribution is -0.113. The molecule has 2 aromatic rings. The first-order chi connectivity index (χ1) is 11.6. The monoisotopic (exact) mass is 339 g/mol. The van der Waals surface area contributed by atoms with Crippen molar-refractivity contribution in [1.29, 1.82) is 0 Å². The van der Waals surface area contributed by atoms with Gasteiger partial charge in [-0.25, -0.2) is 4.99 Å². The topological polar surface area (TPSA) is 47.9 Å². The highest BCUT2D eigenvalue weighted by atomic mass is 32.2. The van der Waals surface area contributed by atoms with Crippen LogP contribution in [0.4, 0.5) is 0 Å². The van der Waals surface area contributed by atoms with Gasteiger partial charge in [0, 0.05) is 11.1 Å². The van der Waals surface area contributed by atoms with Gasteiger partial charge in [0.25, 0.3) is 5.91 Å². The van der Waals surface area contributed by atoms with Crippen molar-refractivity contribution in [2.75, 3.05) is 14.2 Å². The van der Waals surface area contributed by atoms with E-state index in [9.17, 15) is 4.79 Å². The van der Waals surface area contributed by atoms with Gasteiger partial charge in [-0.1, -0.05) is 53.7 Å². The predicted octanol–water partition coefficient (Wildman–Crippen LogP) is 4.07. The summed E-state index contributed by atoms with van der Waals surface area (Å²) in [5.41, 5.74) is 2.90. The minimum absolute atomic E-state index is 0.236. The summed E-state index contributed by atoms with van der Waals surface area (Å²) in [7, 11) is 3.17. The first kappa shape index (κ1) is 16.3. The summed E-state index contributed by atoms with van der Waals surface area (Å²) in [4.78, 5) is 17.0. The van der Waals surface area contributed by atoms with Crippen LogP contribution in [-0.2, 0) is 4.79 Å². The van der Waals surface area contributed by atoms with Gasteiger partial charge in [-0.15, -0.1) is 0 Å². The van der Waals surface area contributed by atoms with E-state index < -0.39 is 0 Å². The molecule has 0 fully saturated rings. The minimum atomic E-state index is -0.236. The van der Waals surface area contributed by atoms with Crippen LogP contribution >= 0.6 is 11.8 Å². The van der Waals surface area contributed by atoms with Crippen molar-refractivity contribution in [2.24, 2.45) is 4.99 Å². The number of amides is 1. The average molecular weight is 339 g/mol. The zero-order valence-electron chi connectivity index (χ0n) is 13.7. The van der Waals surface area contributed by atoms with E-state index in [0.717, 1.165) is 11.1 Å². The smallest absolute Gasteiger partial charge is 0.284 e. The van der Waals surface area contributed by atoms with Gasteiger partial charge < -0.3 is 9.47 Å². The van der Waals surface area contributed by atoms with E-state index >= 15 is 0 Å². The first-order valence-electron chi connectivity index (χ1n) is 7.43. The molecule has 1 aliphatic rings. The number of hydrogen-bond donors (Lipinski definition) is 0. The molecule has 122 valence electrons. The third-order valence-electron chi connectivity index (χ3n) is 3.64. The molecule has 0 saturated carbocycles. The summed E-state index contributed by atoms with van der Waals surface area (Å²) in [5.74, 6) is 0.993. The SMILES string of the molecule is COc1cccc(/C=C2/SC(c3ccc(C)cc3)=NC2=O)c1OC. The lowest BCUT2D eigenvalue weighted by Gasteiger charge is -2.10. The molecule has 3 rings (SSSR count). The molecule has 2 aromatic carbocycles. The quantitative estimate of drug-likeness (QED) is 0.788. The van der Waals surface area contributed by atoms with Crippen LogP contribution in [0.5, 0.6) is 11.5 Å². The number of carbonyl (C=O) groups is 1. The Morgan fingerprint density at radius 3 is 2.46 bits per heavy atom. The maximum Gasteiger partial charge on any atom is 0.284 e. The molecule has 0 aromatic heterocycles. The van der Waals surface area contributed by atoms with Crippen LogP contribution in [0, 0.1) is 6.92 Å². The number of carbonyl (C=O) groups excluding carboxylic acids is 1. The highest BCUT2D eigenvalue weighted by Crippen LogP contribution is 2.36. The van der Waals surface area contributed by atoms with Crippen LogP contribution in [0.25, 0.3) is 6.08 Å². The Bertz CT molecular complexity index is 838. The number of aliphatic imine (C=N–C) groups is 1. The normalized spacial score (nSPS) is 15.5.